The Labute approximate surface area is 108 Å². The van der Waals surface area contributed by atoms with Gasteiger partial charge in [0.2, 0.25) is 0 Å². The zero-order chi connectivity index (χ0) is 14.3. The van der Waals surface area contributed by atoms with E-state index in [4.69, 9.17) is 10.2 Å². The lowest BCUT2D eigenvalue weighted by Crippen LogP contribution is -2.03. The molecule has 4 heteroatoms. The normalized spacial score (nSPS) is 16.2. The molecule has 102 valence electrons. The predicted octanol–water partition coefficient (Wildman–Crippen LogP) is 3.10. The van der Waals surface area contributed by atoms with Crippen molar-refractivity contribution in [1.82, 2.24) is 0 Å². The zero-order valence-corrected chi connectivity index (χ0v) is 11.4. The van der Waals surface area contributed by atoms with E-state index in [0.717, 1.165) is 12.8 Å². The molecular formula is C14H22O4. The van der Waals surface area contributed by atoms with Crippen LogP contribution < -0.4 is 0 Å². The van der Waals surface area contributed by atoms with Crippen LogP contribution in [0.2, 0.25) is 0 Å². The summed E-state index contributed by atoms with van der Waals surface area (Å²) in [5.74, 6) is -1.42. The highest BCUT2D eigenvalue weighted by atomic mass is 16.4. The van der Waals surface area contributed by atoms with Crippen LogP contribution in [0.25, 0.3) is 0 Å². The molecule has 0 aliphatic carbocycles. The summed E-state index contributed by atoms with van der Waals surface area (Å²) in [7, 11) is 0. The van der Waals surface area contributed by atoms with Crippen molar-refractivity contribution in [2.45, 2.75) is 40.5 Å². The van der Waals surface area contributed by atoms with Gasteiger partial charge in [0.15, 0.2) is 0 Å². The fraction of sp³-hybridized carbons (Fsp3) is 0.571. The van der Waals surface area contributed by atoms with E-state index in [9.17, 15) is 9.59 Å². The molecule has 0 aliphatic rings. The molecule has 0 aromatic heterocycles. The molecule has 2 atom stereocenters. The standard InChI is InChI=1S/C14H22O4/c1-9(7-11(3)13(15)16)5-6-10(2)8-12(4)14(17)18/h7-10H,5-6H2,1-4H3,(H,15,16)(H,17,18). The minimum atomic E-state index is -0.892. The quantitative estimate of drug-likeness (QED) is 0.684. The monoisotopic (exact) mass is 254 g/mol. The Hall–Kier alpha value is -1.58. The average molecular weight is 254 g/mol. The lowest BCUT2D eigenvalue weighted by atomic mass is 9.95. The second-order valence-corrected chi connectivity index (χ2v) is 4.84. The topological polar surface area (TPSA) is 74.6 Å². The fourth-order valence-corrected chi connectivity index (χ4v) is 1.69. The second kappa shape index (κ2) is 7.69. The number of allylic oxidation sites excluding steroid dienone is 2. The van der Waals surface area contributed by atoms with Gasteiger partial charge in [-0.25, -0.2) is 9.59 Å². The van der Waals surface area contributed by atoms with E-state index < -0.39 is 11.9 Å². The molecular weight excluding hydrogens is 232 g/mol. The van der Waals surface area contributed by atoms with Crippen LogP contribution in [0.4, 0.5) is 0 Å². The largest absolute Gasteiger partial charge is 0.478 e. The summed E-state index contributed by atoms with van der Waals surface area (Å²) in [5.41, 5.74) is 0.708. The third-order valence-corrected chi connectivity index (χ3v) is 2.82. The number of aliphatic carboxylic acids is 2. The minimum Gasteiger partial charge on any atom is -0.478 e. The second-order valence-electron chi connectivity index (χ2n) is 4.84. The van der Waals surface area contributed by atoms with Crippen LogP contribution in [0.1, 0.15) is 40.5 Å². The first-order valence-electron chi connectivity index (χ1n) is 6.07. The molecule has 0 spiro atoms. The van der Waals surface area contributed by atoms with Gasteiger partial charge < -0.3 is 10.2 Å². The van der Waals surface area contributed by atoms with Crippen molar-refractivity contribution in [3.8, 4) is 0 Å². The molecule has 0 aromatic carbocycles. The minimum absolute atomic E-state index is 0.182. The van der Waals surface area contributed by atoms with Crippen LogP contribution in [0.5, 0.6) is 0 Å². The highest BCUT2D eigenvalue weighted by Gasteiger charge is 2.08. The third-order valence-electron chi connectivity index (χ3n) is 2.82. The van der Waals surface area contributed by atoms with E-state index >= 15 is 0 Å². The summed E-state index contributed by atoms with van der Waals surface area (Å²) in [4.78, 5) is 21.3. The molecule has 0 saturated carbocycles. The number of carboxylic acids is 2. The van der Waals surface area contributed by atoms with Gasteiger partial charge >= 0.3 is 11.9 Å². The molecule has 0 heterocycles. The van der Waals surface area contributed by atoms with E-state index in [0.29, 0.717) is 11.1 Å². The molecule has 0 aliphatic heterocycles. The maximum atomic E-state index is 10.7. The van der Waals surface area contributed by atoms with E-state index in [2.05, 4.69) is 0 Å². The van der Waals surface area contributed by atoms with Crippen molar-refractivity contribution in [2.75, 3.05) is 0 Å². The first kappa shape index (κ1) is 16.4. The first-order chi connectivity index (χ1) is 8.23. The highest BCUT2D eigenvalue weighted by molar-refractivity contribution is 5.86. The van der Waals surface area contributed by atoms with E-state index in [-0.39, 0.29) is 11.8 Å². The smallest absolute Gasteiger partial charge is 0.330 e. The van der Waals surface area contributed by atoms with Crippen molar-refractivity contribution >= 4 is 11.9 Å². The van der Waals surface area contributed by atoms with Crippen LogP contribution >= 0.6 is 0 Å². The van der Waals surface area contributed by atoms with Gasteiger partial charge in [0.1, 0.15) is 0 Å². The van der Waals surface area contributed by atoms with Crippen LogP contribution in [-0.2, 0) is 9.59 Å². The first-order valence-corrected chi connectivity index (χ1v) is 6.07. The van der Waals surface area contributed by atoms with E-state index in [1.807, 2.05) is 13.8 Å². The SMILES string of the molecule is CC(=CC(C)CCC(C)C=C(C)C(=O)O)C(=O)O. The Bertz CT molecular complexity index is 330. The molecule has 0 saturated heterocycles. The Morgan fingerprint density at radius 1 is 0.889 bits per heavy atom. The van der Waals surface area contributed by atoms with Gasteiger partial charge in [0.25, 0.3) is 0 Å². The number of carbonyl (C=O) groups is 2. The van der Waals surface area contributed by atoms with Crippen molar-refractivity contribution in [2.24, 2.45) is 11.8 Å². The molecule has 0 bridgehead atoms. The van der Waals surface area contributed by atoms with Crippen molar-refractivity contribution in [3.05, 3.63) is 23.3 Å². The van der Waals surface area contributed by atoms with Crippen LogP contribution in [-0.4, -0.2) is 22.2 Å². The van der Waals surface area contributed by atoms with Gasteiger partial charge in [-0.2, -0.15) is 0 Å². The molecule has 0 fully saturated rings. The Morgan fingerprint density at radius 2 is 1.17 bits per heavy atom. The fourth-order valence-electron chi connectivity index (χ4n) is 1.69. The van der Waals surface area contributed by atoms with Crippen molar-refractivity contribution in [3.63, 3.8) is 0 Å². The van der Waals surface area contributed by atoms with Gasteiger partial charge in [0, 0.05) is 11.1 Å². The maximum absolute atomic E-state index is 10.7. The number of hydrogen-bond acceptors (Lipinski definition) is 2. The van der Waals surface area contributed by atoms with Gasteiger partial charge in [0.05, 0.1) is 0 Å². The molecule has 0 aromatic rings. The third kappa shape index (κ3) is 6.89. The molecule has 4 nitrogen and oxygen atoms in total. The Balaban J connectivity index is 4.26. The highest BCUT2D eigenvalue weighted by Crippen LogP contribution is 2.17. The summed E-state index contributed by atoms with van der Waals surface area (Å²) in [6.07, 6.45) is 5.16. The van der Waals surface area contributed by atoms with Gasteiger partial charge in [-0.1, -0.05) is 26.0 Å². The van der Waals surface area contributed by atoms with Gasteiger partial charge in [-0.3, -0.25) is 0 Å². The van der Waals surface area contributed by atoms with Gasteiger partial charge in [-0.05, 0) is 38.5 Å². The molecule has 0 radical (unpaired) electrons. The van der Waals surface area contributed by atoms with E-state index in [1.54, 1.807) is 26.0 Å². The predicted molar refractivity (Wildman–Crippen MR) is 70.3 cm³/mol. The van der Waals surface area contributed by atoms with E-state index in [1.165, 1.54) is 0 Å². The number of carboxylic acid groups (broad SMARTS) is 2. The molecule has 18 heavy (non-hydrogen) atoms. The summed E-state index contributed by atoms with van der Waals surface area (Å²) >= 11 is 0. The number of rotatable bonds is 7. The zero-order valence-electron chi connectivity index (χ0n) is 11.4. The van der Waals surface area contributed by atoms with Crippen molar-refractivity contribution in [1.29, 1.82) is 0 Å². The number of hydrogen-bond donors (Lipinski definition) is 2. The van der Waals surface area contributed by atoms with Gasteiger partial charge in [-0.15, -0.1) is 0 Å². The summed E-state index contributed by atoms with van der Waals surface area (Å²) in [5, 5.41) is 17.5. The summed E-state index contributed by atoms with van der Waals surface area (Å²) in [6, 6.07) is 0. The van der Waals surface area contributed by atoms with Crippen LogP contribution in [0, 0.1) is 11.8 Å². The lowest BCUT2D eigenvalue weighted by molar-refractivity contribution is -0.133. The molecule has 0 amide bonds. The average Bonchev–Trinajstić information content (AvgIpc) is 2.25. The molecule has 0 rings (SSSR count). The lowest BCUT2D eigenvalue weighted by Gasteiger charge is -2.11. The van der Waals surface area contributed by atoms with Crippen LogP contribution in [0.3, 0.4) is 0 Å². The summed E-state index contributed by atoms with van der Waals surface area (Å²) < 4.78 is 0. The Morgan fingerprint density at radius 3 is 1.39 bits per heavy atom. The van der Waals surface area contributed by atoms with Crippen molar-refractivity contribution < 1.29 is 19.8 Å². The molecule has 2 unspecified atom stereocenters. The maximum Gasteiger partial charge on any atom is 0.330 e. The molecule has 2 N–H and O–H groups in total. The Kier molecular flexibility index (Phi) is 7.01. The summed E-state index contributed by atoms with van der Waals surface area (Å²) in [6.45, 7) is 7.09. The van der Waals surface area contributed by atoms with Crippen LogP contribution in [0.15, 0.2) is 23.3 Å².